The molecule has 2 amide bonds. The highest BCUT2D eigenvalue weighted by molar-refractivity contribution is 7.97. The van der Waals surface area contributed by atoms with Crippen molar-refractivity contribution in [2.24, 2.45) is 5.92 Å². The number of amides is 2. The molecule has 1 saturated heterocycles. The summed E-state index contributed by atoms with van der Waals surface area (Å²) in [5.74, 6) is 0.522. The van der Waals surface area contributed by atoms with Gasteiger partial charge in [-0.25, -0.2) is 4.98 Å². The lowest BCUT2D eigenvalue weighted by molar-refractivity contribution is -0.129. The Balaban J connectivity index is 1.50. The van der Waals surface area contributed by atoms with Gasteiger partial charge in [0.25, 0.3) is 0 Å². The first-order valence-corrected chi connectivity index (χ1v) is 10.3. The topological polar surface area (TPSA) is 75.2 Å². The molecule has 3 rings (SSSR count). The van der Waals surface area contributed by atoms with Crippen LogP contribution >= 0.6 is 23.1 Å². The van der Waals surface area contributed by atoms with Gasteiger partial charge in [0.1, 0.15) is 5.01 Å². The van der Waals surface area contributed by atoms with Crippen LogP contribution in [0.2, 0.25) is 0 Å². The van der Waals surface area contributed by atoms with E-state index in [9.17, 15) is 9.59 Å². The van der Waals surface area contributed by atoms with Gasteiger partial charge in [-0.3, -0.25) is 14.6 Å². The van der Waals surface area contributed by atoms with E-state index in [4.69, 9.17) is 0 Å². The number of rotatable bonds is 7. The summed E-state index contributed by atoms with van der Waals surface area (Å²) in [6.07, 6.45) is 5.75. The normalized spacial score (nSPS) is 17.1. The van der Waals surface area contributed by atoms with E-state index in [2.05, 4.69) is 15.3 Å². The predicted molar refractivity (Wildman–Crippen MR) is 98.9 cm³/mol. The number of nitrogens with zero attached hydrogens (tertiary/aromatic N) is 3. The summed E-state index contributed by atoms with van der Waals surface area (Å²) in [6, 6.07) is 3.78. The number of thiazole rings is 1. The molecule has 2 aromatic rings. The molecule has 1 N–H and O–H groups in total. The average Bonchev–Trinajstić information content (AvgIpc) is 3.21. The highest BCUT2D eigenvalue weighted by Gasteiger charge is 2.34. The van der Waals surface area contributed by atoms with Crippen LogP contribution < -0.4 is 5.32 Å². The van der Waals surface area contributed by atoms with Crippen molar-refractivity contribution in [3.05, 3.63) is 46.2 Å². The molecule has 0 spiro atoms. The van der Waals surface area contributed by atoms with Crippen LogP contribution in [0.25, 0.3) is 0 Å². The molecule has 2 aromatic heterocycles. The highest BCUT2D eigenvalue weighted by atomic mass is 32.2. The van der Waals surface area contributed by atoms with E-state index in [1.807, 2.05) is 23.8 Å². The number of hydrogen-bond acceptors (Lipinski definition) is 6. The van der Waals surface area contributed by atoms with Gasteiger partial charge in [0.05, 0.1) is 18.2 Å². The summed E-state index contributed by atoms with van der Waals surface area (Å²) in [5.41, 5.74) is 1.85. The Hall–Kier alpha value is -1.93. The van der Waals surface area contributed by atoms with Crippen LogP contribution in [0.1, 0.15) is 22.7 Å². The zero-order valence-corrected chi connectivity index (χ0v) is 15.6. The smallest absolute Gasteiger partial charge is 0.225 e. The Bertz CT molecular complexity index is 735. The Morgan fingerprint density at radius 3 is 3.16 bits per heavy atom. The van der Waals surface area contributed by atoms with Gasteiger partial charge in [0.15, 0.2) is 0 Å². The Kier molecular flexibility index (Phi) is 6.04. The Labute approximate surface area is 155 Å². The van der Waals surface area contributed by atoms with E-state index < -0.39 is 0 Å². The standard InChI is InChI=1S/C17H20N4O2S2/c1-24-11-15-20-14(10-25-15)7-19-17(23)13-5-16(22)21(9-13)8-12-3-2-4-18-6-12/h2-4,6,10,13H,5,7-9,11H2,1H3,(H,19,23). The molecule has 1 atom stereocenters. The van der Waals surface area contributed by atoms with Crippen LogP contribution in [0.15, 0.2) is 29.9 Å². The molecule has 25 heavy (non-hydrogen) atoms. The monoisotopic (exact) mass is 376 g/mol. The lowest BCUT2D eigenvalue weighted by atomic mass is 10.1. The van der Waals surface area contributed by atoms with Gasteiger partial charge >= 0.3 is 0 Å². The van der Waals surface area contributed by atoms with Crippen molar-refractivity contribution in [1.82, 2.24) is 20.2 Å². The number of nitrogens with one attached hydrogen (secondary N) is 1. The lowest BCUT2D eigenvalue weighted by Crippen LogP contribution is -2.32. The third kappa shape index (κ3) is 4.79. The van der Waals surface area contributed by atoms with Gasteiger partial charge in [0, 0.05) is 43.0 Å². The number of thioether (sulfide) groups is 1. The van der Waals surface area contributed by atoms with Crippen molar-refractivity contribution in [1.29, 1.82) is 0 Å². The molecule has 3 heterocycles. The minimum Gasteiger partial charge on any atom is -0.350 e. The first-order chi connectivity index (χ1) is 12.2. The third-order valence-electron chi connectivity index (χ3n) is 3.99. The summed E-state index contributed by atoms with van der Waals surface area (Å²) in [6.45, 7) is 1.37. The van der Waals surface area contributed by atoms with Gasteiger partial charge in [-0.1, -0.05) is 6.07 Å². The van der Waals surface area contributed by atoms with Gasteiger partial charge in [-0.15, -0.1) is 11.3 Å². The van der Waals surface area contributed by atoms with E-state index in [1.54, 1.807) is 40.4 Å². The fourth-order valence-corrected chi connectivity index (χ4v) is 4.27. The fraction of sp³-hybridized carbons (Fsp3) is 0.412. The molecule has 8 heteroatoms. The largest absolute Gasteiger partial charge is 0.350 e. The zero-order valence-electron chi connectivity index (χ0n) is 14.0. The second kappa shape index (κ2) is 8.44. The molecular weight excluding hydrogens is 356 g/mol. The first kappa shape index (κ1) is 17.9. The van der Waals surface area contributed by atoms with E-state index >= 15 is 0 Å². The van der Waals surface area contributed by atoms with Gasteiger partial charge in [-0.05, 0) is 17.9 Å². The summed E-state index contributed by atoms with van der Waals surface area (Å²) in [5, 5.41) is 5.95. The number of pyridine rings is 1. The molecular formula is C17H20N4O2S2. The Morgan fingerprint density at radius 2 is 2.40 bits per heavy atom. The Morgan fingerprint density at radius 1 is 1.52 bits per heavy atom. The molecule has 1 aliphatic heterocycles. The van der Waals surface area contributed by atoms with Crippen molar-refractivity contribution in [2.75, 3.05) is 12.8 Å². The molecule has 0 aliphatic carbocycles. The maximum atomic E-state index is 12.4. The maximum Gasteiger partial charge on any atom is 0.225 e. The van der Waals surface area contributed by atoms with Crippen LogP contribution in [0.3, 0.4) is 0 Å². The SMILES string of the molecule is CSCc1nc(CNC(=O)C2CC(=O)N(Cc3cccnc3)C2)cs1. The van der Waals surface area contributed by atoms with E-state index in [-0.39, 0.29) is 24.2 Å². The van der Waals surface area contributed by atoms with Crippen LogP contribution in [0, 0.1) is 5.92 Å². The van der Waals surface area contributed by atoms with Gasteiger partial charge in [0.2, 0.25) is 11.8 Å². The molecule has 1 fully saturated rings. The van der Waals surface area contributed by atoms with E-state index in [0.29, 0.717) is 19.6 Å². The molecule has 132 valence electrons. The molecule has 0 bridgehead atoms. The molecule has 0 saturated carbocycles. The fourth-order valence-electron chi connectivity index (χ4n) is 2.75. The molecule has 0 radical (unpaired) electrons. The van der Waals surface area contributed by atoms with E-state index in [0.717, 1.165) is 22.0 Å². The first-order valence-electron chi connectivity index (χ1n) is 8.02. The van der Waals surface area contributed by atoms with Crippen LogP contribution in [0.5, 0.6) is 0 Å². The quantitative estimate of drug-likeness (QED) is 0.801. The number of aromatic nitrogens is 2. The van der Waals surface area contributed by atoms with Gasteiger partial charge in [-0.2, -0.15) is 11.8 Å². The summed E-state index contributed by atoms with van der Waals surface area (Å²) >= 11 is 3.34. The van der Waals surface area contributed by atoms with E-state index in [1.165, 1.54) is 0 Å². The number of carbonyl (C=O) groups is 2. The number of carbonyl (C=O) groups excluding carboxylic acids is 2. The second-order valence-electron chi connectivity index (χ2n) is 5.92. The number of likely N-dealkylation sites (tertiary alicyclic amines) is 1. The van der Waals surface area contributed by atoms with Crippen LogP contribution in [-0.4, -0.2) is 39.5 Å². The van der Waals surface area contributed by atoms with Crippen molar-refractivity contribution in [3.8, 4) is 0 Å². The molecule has 6 nitrogen and oxygen atoms in total. The lowest BCUT2D eigenvalue weighted by Gasteiger charge is -2.16. The summed E-state index contributed by atoms with van der Waals surface area (Å²) < 4.78 is 0. The third-order valence-corrected chi connectivity index (χ3v) is 5.63. The summed E-state index contributed by atoms with van der Waals surface area (Å²) in [7, 11) is 0. The molecule has 1 unspecified atom stereocenters. The average molecular weight is 377 g/mol. The molecule has 1 aliphatic rings. The minimum absolute atomic E-state index is 0.0138. The molecule has 0 aromatic carbocycles. The van der Waals surface area contributed by atoms with Gasteiger partial charge < -0.3 is 10.2 Å². The highest BCUT2D eigenvalue weighted by Crippen LogP contribution is 2.20. The van der Waals surface area contributed by atoms with Crippen molar-refractivity contribution in [2.45, 2.75) is 25.3 Å². The summed E-state index contributed by atoms with van der Waals surface area (Å²) in [4.78, 5) is 34.8. The van der Waals surface area contributed by atoms with Crippen molar-refractivity contribution < 1.29 is 9.59 Å². The van der Waals surface area contributed by atoms with Crippen LogP contribution in [0.4, 0.5) is 0 Å². The van der Waals surface area contributed by atoms with Crippen molar-refractivity contribution >= 4 is 34.9 Å². The predicted octanol–water partition coefficient (Wildman–Crippen LogP) is 2.07. The second-order valence-corrected chi connectivity index (χ2v) is 7.73. The zero-order chi connectivity index (χ0) is 17.6. The number of hydrogen-bond donors (Lipinski definition) is 1. The minimum atomic E-state index is -0.298. The maximum absolute atomic E-state index is 12.4. The van der Waals surface area contributed by atoms with Crippen LogP contribution in [-0.2, 0) is 28.4 Å². The van der Waals surface area contributed by atoms with Crippen molar-refractivity contribution in [3.63, 3.8) is 0 Å².